The van der Waals surface area contributed by atoms with Gasteiger partial charge in [0.1, 0.15) is 9.84 Å². The lowest BCUT2D eigenvalue weighted by atomic mass is 10.3. The monoisotopic (exact) mass is 238 g/mol. The molecule has 92 valence electrons. The van der Waals surface area contributed by atoms with Gasteiger partial charge in [-0.2, -0.15) is 0 Å². The van der Waals surface area contributed by atoms with Crippen molar-refractivity contribution in [3.63, 3.8) is 0 Å². The van der Waals surface area contributed by atoms with Crippen LogP contribution in [0.25, 0.3) is 0 Å². The molecule has 0 bridgehead atoms. The van der Waals surface area contributed by atoms with Crippen LogP contribution in [0.15, 0.2) is 0 Å². The summed E-state index contributed by atoms with van der Waals surface area (Å²) >= 11 is 0. The molecule has 0 amide bonds. The molecule has 0 saturated carbocycles. The van der Waals surface area contributed by atoms with E-state index in [1.54, 1.807) is 13.8 Å². The summed E-state index contributed by atoms with van der Waals surface area (Å²) in [5.74, 6) is -0.659. The van der Waals surface area contributed by atoms with Crippen LogP contribution in [0.2, 0.25) is 0 Å². The van der Waals surface area contributed by atoms with Gasteiger partial charge < -0.3 is 9.47 Å². The molecular weight excluding hydrogens is 216 g/mol. The van der Waals surface area contributed by atoms with Crippen LogP contribution in [0.5, 0.6) is 0 Å². The third-order valence-corrected chi connectivity index (χ3v) is 2.76. The lowest BCUT2D eigenvalue weighted by Crippen LogP contribution is -2.31. The first kappa shape index (κ1) is 14.9. The minimum absolute atomic E-state index is 0.0353. The zero-order valence-electron chi connectivity index (χ0n) is 10.1. The van der Waals surface area contributed by atoms with E-state index in [9.17, 15) is 8.42 Å². The molecule has 15 heavy (non-hydrogen) atoms. The largest absolute Gasteiger partial charge is 0.351 e. The second-order valence-electron chi connectivity index (χ2n) is 4.08. The maximum Gasteiger partial charge on any atom is 0.162 e. The third kappa shape index (κ3) is 10.2. The Morgan fingerprint density at radius 1 is 1.13 bits per heavy atom. The van der Waals surface area contributed by atoms with Crippen LogP contribution in [0, 0.1) is 0 Å². The molecule has 5 heteroatoms. The molecule has 0 saturated heterocycles. The van der Waals surface area contributed by atoms with Gasteiger partial charge in [-0.05, 0) is 20.3 Å². The van der Waals surface area contributed by atoms with Gasteiger partial charge in [0, 0.05) is 12.9 Å². The van der Waals surface area contributed by atoms with E-state index >= 15 is 0 Å². The summed E-state index contributed by atoms with van der Waals surface area (Å²) in [4.78, 5) is 0. The van der Waals surface area contributed by atoms with Crippen molar-refractivity contribution in [3.8, 4) is 0 Å². The normalized spacial score (nSPS) is 13.1. The molecule has 0 aromatic rings. The zero-order valence-corrected chi connectivity index (χ0v) is 10.9. The van der Waals surface area contributed by atoms with E-state index in [-0.39, 0.29) is 12.4 Å². The average Bonchev–Trinajstić information content (AvgIpc) is 2.01. The molecule has 0 N–H and O–H groups in total. The van der Waals surface area contributed by atoms with E-state index in [2.05, 4.69) is 6.92 Å². The minimum Gasteiger partial charge on any atom is -0.351 e. The van der Waals surface area contributed by atoms with E-state index in [0.717, 1.165) is 12.8 Å². The third-order valence-electron chi connectivity index (χ3n) is 1.85. The van der Waals surface area contributed by atoms with Crippen molar-refractivity contribution in [1.29, 1.82) is 0 Å². The van der Waals surface area contributed by atoms with Gasteiger partial charge in [-0.3, -0.25) is 0 Å². The van der Waals surface area contributed by atoms with Crippen LogP contribution in [0.3, 0.4) is 0 Å². The first-order chi connectivity index (χ1) is 6.77. The lowest BCUT2D eigenvalue weighted by molar-refractivity contribution is -0.210. The summed E-state index contributed by atoms with van der Waals surface area (Å²) in [6.45, 7) is 6.50. The molecule has 0 unspecified atom stereocenters. The number of ether oxygens (including phenoxy) is 2. The number of sulfone groups is 1. The molecule has 4 nitrogen and oxygen atoms in total. The fraction of sp³-hybridized carbons (Fsp3) is 1.00. The minimum atomic E-state index is -2.95. The second kappa shape index (κ2) is 6.45. The van der Waals surface area contributed by atoms with Gasteiger partial charge in [-0.25, -0.2) is 8.42 Å². The van der Waals surface area contributed by atoms with Crippen molar-refractivity contribution in [1.82, 2.24) is 0 Å². The Morgan fingerprint density at radius 3 is 2.13 bits per heavy atom. The summed E-state index contributed by atoms with van der Waals surface area (Å²) < 4.78 is 32.5. The molecule has 0 spiro atoms. The van der Waals surface area contributed by atoms with Gasteiger partial charge in [0.25, 0.3) is 0 Å². The van der Waals surface area contributed by atoms with Crippen molar-refractivity contribution in [3.05, 3.63) is 0 Å². The Hall–Kier alpha value is -0.130. The van der Waals surface area contributed by atoms with Crippen molar-refractivity contribution >= 4 is 9.84 Å². The van der Waals surface area contributed by atoms with Crippen LogP contribution in [-0.2, 0) is 19.3 Å². The second-order valence-corrected chi connectivity index (χ2v) is 6.34. The molecule has 0 aliphatic carbocycles. The zero-order chi connectivity index (χ0) is 11.9. The predicted molar refractivity (Wildman–Crippen MR) is 60.6 cm³/mol. The highest BCUT2D eigenvalue weighted by atomic mass is 32.2. The molecule has 0 rings (SSSR count). The molecule has 0 aliphatic rings. The Morgan fingerprint density at radius 2 is 1.67 bits per heavy atom. The quantitative estimate of drug-likeness (QED) is 0.476. The molecule has 0 fully saturated rings. The lowest BCUT2D eigenvalue weighted by Gasteiger charge is -2.25. The van der Waals surface area contributed by atoms with Crippen molar-refractivity contribution < 1.29 is 17.9 Å². The number of rotatable bonds is 8. The molecule has 0 aromatic carbocycles. The molecular formula is C10H22O4S. The summed E-state index contributed by atoms with van der Waals surface area (Å²) in [5, 5.41) is 0. The molecule has 0 atom stereocenters. The Labute approximate surface area is 92.9 Å². The van der Waals surface area contributed by atoms with Crippen LogP contribution in [-0.4, -0.2) is 39.4 Å². The van der Waals surface area contributed by atoms with Crippen LogP contribution in [0.4, 0.5) is 0 Å². The van der Waals surface area contributed by atoms with E-state index in [1.165, 1.54) is 6.26 Å². The summed E-state index contributed by atoms with van der Waals surface area (Å²) in [6.07, 6.45) is 3.25. The fourth-order valence-electron chi connectivity index (χ4n) is 0.943. The Bertz CT molecular complexity index is 257. The van der Waals surface area contributed by atoms with E-state index in [1.807, 2.05) is 0 Å². The van der Waals surface area contributed by atoms with E-state index in [0.29, 0.717) is 6.61 Å². The van der Waals surface area contributed by atoms with Gasteiger partial charge >= 0.3 is 0 Å². The summed E-state index contributed by atoms with van der Waals surface area (Å²) in [6, 6.07) is 0. The standard InChI is InChI=1S/C10H22O4S/c1-5-6-7-13-10(2,3)14-8-9-15(4,11)12/h5-9H2,1-4H3. The SMILES string of the molecule is CCCCOC(C)(C)OCCS(C)(=O)=O. The number of hydrogen-bond acceptors (Lipinski definition) is 4. The van der Waals surface area contributed by atoms with E-state index in [4.69, 9.17) is 9.47 Å². The first-order valence-corrected chi connectivity index (χ1v) is 7.28. The van der Waals surface area contributed by atoms with Crippen LogP contribution < -0.4 is 0 Å². The summed E-state index contributed by atoms with van der Waals surface area (Å²) in [5.41, 5.74) is 0. The van der Waals surface area contributed by atoms with Gasteiger partial charge in [0.05, 0.1) is 12.4 Å². The Kier molecular flexibility index (Phi) is 6.40. The number of hydrogen-bond donors (Lipinski definition) is 0. The highest BCUT2D eigenvalue weighted by molar-refractivity contribution is 7.90. The predicted octanol–water partition coefficient (Wildman–Crippen LogP) is 1.60. The Balaban J connectivity index is 3.73. The maximum absolute atomic E-state index is 10.9. The van der Waals surface area contributed by atoms with Gasteiger partial charge in [0.2, 0.25) is 0 Å². The highest BCUT2D eigenvalue weighted by Crippen LogP contribution is 2.11. The van der Waals surface area contributed by atoms with Crippen molar-refractivity contribution in [2.75, 3.05) is 25.2 Å². The fourth-order valence-corrected chi connectivity index (χ4v) is 1.33. The molecule has 0 aromatic heterocycles. The van der Waals surface area contributed by atoms with Crippen LogP contribution in [0.1, 0.15) is 33.6 Å². The maximum atomic E-state index is 10.9. The van der Waals surface area contributed by atoms with Gasteiger partial charge in [0.15, 0.2) is 5.79 Å². The number of unbranched alkanes of at least 4 members (excludes halogenated alkanes) is 1. The topological polar surface area (TPSA) is 52.6 Å². The highest BCUT2D eigenvalue weighted by Gasteiger charge is 2.19. The molecule has 0 heterocycles. The van der Waals surface area contributed by atoms with Crippen LogP contribution >= 0.6 is 0 Å². The van der Waals surface area contributed by atoms with Gasteiger partial charge in [-0.15, -0.1) is 0 Å². The smallest absolute Gasteiger partial charge is 0.162 e. The molecule has 0 aliphatic heterocycles. The van der Waals surface area contributed by atoms with Crippen molar-refractivity contribution in [2.24, 2.45) is 0 Å². The molecule has 0 radical (unpaired) electrons. The first-order valence-electron chi connectivity index (χ1n) is 5.22. The van der Waals surface area contributed by atoms with Gasteiger partial charge in [-0.1, -0.05) is 13.3 Å². The van der Waals surface area contributed by atoms with Crippen molar-refractivity contribution in [2.45, 2.75) is 39.4 Å². The average molecular weight is 238 g/mol. The summed E-state index contributed by atoms with van der Waals surface area (Å²) in [7, 11) is -2.95. The van der Waals surface area contributed by atoms with E-state index < -0.39 is 15.6 Å².